The van der Waals surface area contributed by atoms with Gasteiger partial charge < -0.3 is 20.0 Å². The molecule has 9 nitrogen and oxygen atoms in total. The second-order valence-electron chi connectivity index (χ2n) is 8.11. The summed E-state index contributed by atoms with van der Waals surface area (Å²) < 4.78 is 19.1. The summed E-state index contributed by atoms with van der Waals surface area (Å²) in [4.78, 5) is 26.7. The molecule has 1 unspecified atom stereocenters. The van der Waals surface area contributed by atoms with Crippen LogP contribution in [0.25, 0.3) is 11.1 Å². The van der Waals surface area contributed by atoms with Crippen LogP contribution in [-0.2, 0) is 0 Å². The van der Waals surface area contributed by atoms with E-state index < -0.39 is 12.1 Å². The summed E-state index contributed by atoms with van der Waals surface area (Å²) in [5.74, 6) is 0.591. The van der Waals surface area contributed by atoms with E-state index in [0.29, 0.717) is 36.0 Å². The van der Waals surface area contributed by atoms with Crippen molar-refractivity contribution in [3.05, 3.63) is 64.8 Å². The Balaban J connectivity index is 1.30. The van der Waals surface area contributed by atoms with Crippen molar-refractivity contribution in [2.24, 2.45) is 0 Å². The Morgan fingerprint density at radius 1 is 1.12 bits per heavy atom. The number of hydrogen-bond donors (Lipinski definition) is 3. The number of aromatic amines is 1. The number of H-pyrrole nitrogens is 1. The molecule has 170 valence electrons. The van der Waals surface area contributed by atoms with Gasteiger partial charge in [0.1, 0.15) is 5.82 Å². The van der Waals surface area contributed by atoms with Crippen LogP contribution < -0.4 is 21.3 Å². The zero-order valence-corrected chi connectivity index (χ0v) is 18.3. The second kappa shape index (κ2) is 8.55. The summed E-state index contributed by atoms with van der Waals surface area (Å²) in [5, 5.41) is 6.47. The Morgan fingerprint density at radius 3 is 2.70 bits per heavy atom. The van der Waals surface area contributed by atoms with Gasteiger partial charge in [0, 0.05) is 41.9 Å². The maximum Gasteiger partial charge on any atom is 0.417 e. The average molecular weight is 449 g/mol. The van der Waals surface area contributed by atoms with Crippen LogP contribution in [0.3, 0.4) is 0 Å². The molecule has 1 aliphatic heterocycles. The summed E-state index contributed by atoms with van der Waals surface area (Å²) in [6.07, 6.45) is 0.772. The smallest absolute Gasteiger partial charge is 0.408 e. The van der Waals surface area contributed by atoms with Crippen molar-refractivity contribution >= 4 is 39.9 Å². The van der Waals surface area contributed by atoms with Crippen molar-refractivity contribution in [2.75, 3.05) is 42.2 Å². The molecule has 0 saturated carbocycles. The van der Waals surface area contributed by atoms with Crippen LogP contribution in [-0.4, -0.2) is 52.8 Å². The number of fused-ring (bicyclic) bond motifs is 1. The van der Waals surface area contributed by atoms with Crippen LogP contribution in [0.15, 0.2) is 57.9 Å². The standard InChI is InChI=1S/C23H24FN7O2/c1-14-12-25-22(29-21(14)26-16-5-8-19-18(11-16)28-23(32)33-19)27-15-3-6-17(7-4-15)31-10-9-30(2)20(24)13-31/h3-8,11-12,20H,9-10,13H2,1-2H3,(H,28,32)(H2,25,26,27,29). The topological polar surface area (TPSA) is 102 Å². The molecule has 2 aromatic carbocycles. The monoisotopic (exact) mass is 449 g/mol. The zero-order chi connectivity index (χ0) is 22.9. The minimum absolute atomic E-state index is 0.359. The molecule has 2 aromatic heterocycles. The van der Waals surface area contributed by atoms with Gasteiger partial charge in [-0.1, -0.05) is 0 Å². The molecule has 1 aliphatic rings. The number of nitrogens with one attached hydrogen (secondary N) is 3. The maximum absolute atomic E-state index is 14.0. The number of rotatable bonds is 5. The van der Waals surface area contributed by atoms with Crippen LogP contribution in [0.5, 0.6) is 0 Å². The number of halogens is 1. The van der Waals surface area contributed by atoms with Crippen LogP contribution in [0.1, 0.15) is 5.56 Å². The molecule has 3 N–H and O–H groups in total. The van der Waals surface area contributed by atoms with Crippen molar-refractivity contribution in [2.45, 2.75) is 13.2 Å². The van der Waals surface area contributed by atoms with E-state index in [0.717, 1.165) is 29.2 Å². The molecule has 0 amide bonds. The minimum atomic E-state index is -0.960. The number of piperazine rings is 1. The molecule has 0 aliphatic carbocycles. The lowest BCUT2D eigenvalue weighted by Crippen LogP contribution is -2.49. The Bertz CT molecular complexity index is 1330. The third-order valence-corrected chi connectivity index (χ3v) is 5.71. The van der Waals surface area contributed by atoms with Gasteiger partial charge in [0.15, 0.2) is 11.9 Å². The van der Waals surface area contributed by atoms with Crippen LogP contribution in [0.4, 0.5) is 33.2 Å². The molecule has 5 rings (SSSR count). The number of likely N-dealkylation sites (N-methyl/N-ethyl adjacent to an activating group) is 1. The molecule has 1 fully saturated rings. The van der Waals surface area contributed by atoms with Gasteiger partial charge in [0.25, 0.3) is 0 Å². The number of hydrogen-bond acceptors (Lipinski definition) is 8. The van der Waals surface area contributed by atoms with Crippen molar-refractivity contribution in [3.63, 3.8) is 0 Å². The Morgan fingerprint density at radius 2 is 1.91 bits per heavy atom. The van der Waals surface area contributed by atoms with E-state index in [1.807, 2.05) is 42.2 Å². The molecular formula is C23H24FN7O2. The van der Waals surface area contributed by atoms with E-state index >= 15 is 0 Å². The second-order valence-corrected chi connectivity index (χ2v) is 8.11. The molecular weight excluding hydrogens is 425 g/mol. The van der Waals surface area contributed by atoms with Crippen LogP contribution >= 0.6 is 0 Å². The van der Waals surface area contributed by atoms with Gasteiger partial charge in [-0.3, -0.25) is 9.88 Å². The third kappa shape index (κ3) is 4.51. The molecule has 1 saturated heterocycles. The highest BCUT2D eigenvalue weighted by Gasteiger charge is 2.23. The van der Waals surface area contributed by atoms with E-state index in [1.54, 1.807) is 30.3 Å². The van der Waals surface area contributed by atoms with Gasteiger partial charge in [0.05, 0.1) is 12.1 Å². The number of aromatic nitrogens is 3. The van der Waals surface area contributed by atoms with Gasteiger partial charge in [0.2, 0.25) is 5.95 Å². The van der Waals surface area contributed by atoms with Gasteiger partial charge in [-0.25, -0.2) is 14.2 Å². The molecule has 10 heteroatoms. The molecule has 1 atom stereocenters. The Labute approximate surface area is 189 Å². The van der Waals surface area contributed by atoms with E-state index in [-0.39, 0.29) is 0 Å². The van der Waals surface area contributed by atoms with Crippen LogP contribution in [0, 0.1) is 6.92 Å². The highest BCUT2D eigenvalue weighted by Crippen LogP contribution is 2.25. The number of nitrogens with zero attached hydrogens (tertiary/aromatic N) is 4. The molecule has 0 radical (unpaired) electrons. The third-order valence-electron chi connectivity index (χ3n) is 5.71. The van der Waals surface area contributed by atoms with Crippen molar-refractivity contribution in [1.29, 1.82) is 0 Å². The first-order valence-corrected chi connectivity index (χ1v) is 10.6. The van der Waals surface area contributed by atoms with E-state index in [1.165, 1.54) is 0 Å². The number of oxazole rings is 1. The number of anilines is 5. The van der Waals surface area contributed by atoms with Crippen molar-refractivity contribution in [3.8, 4) is 0 Å². The number of benzene rings is 2. The fraction of sp³-hybridized carbons (Fsp3) is 0.261. The first-order valence-electron chi connectivity index (χ1n) is 10.6. The highest BCUT2D eigenvalue weighted by molar-refractivity contribution is 5.78. The number of alkyl halides is 1. The predicted molar refractivity (Wildman–Crippen MR) is 126 cm³/mol. The summed E-state index contributed by atoms with van der Waals surface area (Å²) in [7, 11) is 1.80. The molecule has 0 spiro atoms. The predicted octanol–water partition coefficient (Wildman–Crippen LogP) is 3.75. The fourth-order valence-corrected chi connectivity index (χ4v) is 3.75. The van der Waals surface area contributed by atoms with Crippen molar-refractivity contribution in [1.82, 2.24) is 19.9 Å². The quantitative estimate of drug-likeness (QED) is 0.396. The first-order chi connectivity index (χ1) is 15.9. The molecule has 4 aromatic rings. The highest BCUT2D eigenvalue weighted by atomic mass is 19.1. The summed E-state index contributed by atoms with van der Waals surface area (Å²) in [6.45, 7) is 3.75. The van der Waals surface area contributed by atoms with E-state index in [2.05, 4.69) is 25.6 Å². The van der Waals surface area contributed by atoms with E-state index in [9.17, 15) is 9.18 Å². The molecule has 3 heterocycles. The summed E-state index contributed by atoms with van der Waals surface area (Å²) in [5.41, 5.74) is 4.54. The zero-order valence-electron chi connectivity index (χ0n) is 18.3. The van der Waals surface area contributed by atoms with Gasteiger partial charge in [-0.05, 0) is 56.4 Å². The largest absolute Gasteiger partial charge is 0.417 e. The molecule has 33 heavy (non-hydrogen) atoms. The molecule has 0 bridgehead atoms. The van der Waals surface area contributed by atoms with Gasteiger partial charge in [-0.2, -0.15) is 4.98 Å². The Hall–Kier alpha value is -3.92. The SMILES string of the molecule is Cc1cnc(Nc2ccc(N3CCN(C)C(F)C3)cc2)nc1Nc1ccc2oc(=O)[nH]c2c1. The fourth-order valence-electron chi connectivity index (χ4n) is 3.75. The minimum Gasteiger partial charge on any atom is -0.408 e. The maximum atomic E-state index is 14.0. The average Bonchev–Trinajstić information content (AvgIpc) is 3.18. The van der Waals surface area contributed by atoms with Gasteiger partial charge in [-0.15, -0.1) is 0 Å². The first kappa shape index (κ1) is 21.0. The van der Waals surface area contributed by atoms with Crippen molar-refractivity contribution < 1.29 is 8.81 Å². The van der Waals surface area contributed by atoms with Crippen LogP contribution in [0.2, 0.25) is 0 Å². The number of aryl methyl sites for hydroxylation is 1. The normalized spacial score (nSPS) is 16.8. The lowest BCUT2D eigenvalue weighted by atomic mass is 10.2. The summed E-state index contributed by atoms with van der Waals surface area (Å²) in [6, 6.07) is 13.1. The summed E-state index contributed by atoms with van der Waals surface area (Å²) >= 11 is 0. The lowest BCUT2D eigenvalue weighted by molar-refractivity contribution is 0.0973. The Kier molecular flexibility index (Phi) is 5.43. The lowest BCUT2D eigenvalue weighted by Gasteiger charge is -2.36. The van der Waals surface area contributed by atoms with Gasteiger partial charge >= 0.3 is 5.76 Å². The van der Waals surface area contributed by atoms with E-state index in [4.69, 9.17) is 4.42 Å².